The van der Waals surface area contributed by atoms with Gasteiger partial charge in [0, 0.05) is 29.2 Å². The Morgan fingerprint density at radius 3 is 2.46 bits per heavy atom. The summed E-state index contributed by atoms with van der Waals surface area (Å²) in [5.41, 5.74) is 6.21. The number of aromatic amines is 1. The van der Waals surface area contributed by atoms with Crippen LogP contribution in [-0.4, -0.2) is 15.9 Å². The van der Waals surface area contributed by atoms with Crippen molar-refractivity contribution < 1.29 is 9.53 Å². The van der Waals surface area contributed by atoms with Gasteiger partial charge in [-0.15, -0.1) is 0 Å². The Kier molecular flexibility index (Phi) is 6.57. The minimum atomic E-state index is -0.00265. The minimum absolute atomic E-state index is 0.00265. The summed E-state index contributed by atoms with van der Waals surface area (Å²) in [5.74, 6) is 1.50. The summed E-state index contributed by atoms with van der Waals surface area (Å²) in [6, 6.07) is 29.4. The molecule has 0 bridgehead atoms. The molecule has 35 heavy (non-hydrogen) atoms. The summed E-state index contributed by atoms with van der Waals surface area (Å²) in [7, 11) is 0. The van der Waals surface area contributed by atoms with Crippen molar-refractivity contribution >= 4 is 22.5 Å². The monoisotopic (exact) mass is 461 g/mol. The average molecular weight is 462 g/mol. The van der Waals surface area contributed by atoms with Crippen molar-refractivity contribution in [2.45, 2.75) is 26.2 Å². The van der Waals surface area contributed by atoms with Gasteiger partial charge < -0.3 is 15.0 Å². The summed E-state index contributed by atoms with van der Waals surface area (Å²) < 4.78 is 5.81. The first-order chi connectivity index (χ1) is 17.2. The fourth-order valence-corrected chi connectivity index (χ4v) is 4.23. The molecular weight excluding hydrogens is 434 g/mol. The molecule has 0 spiro atoms. The Labute approximate surface area is 204 Å². The number of para-hydroxylation sites is 1. The summed E-state index contributed by atoms with van der Waals surface area (Å²) >= 11 is 0. The number of nitrogens with one attached hydrogen (secondary N) is 2. The van der Waals surface area contributed by atoms with E-state index in [1.807, 2.05) is 72.8 Å². The molecule has 0 aliphatic heterocycles. The van der Waals surface area contributed by atoms with Gasteiger partial charge in [0.15, 0.2) is 0 Å². The Balaban J connectivity index is 1.22. The maximum atomic E-state index is 12.6. The van der Waals surface area contributed by atoms with Gasteiger partial charge in [0.05, 0.1) is 11.4 Å². The number of ether oxygens (including phenoxy) is 1. The number of amides is 1. The van der Waals surface area contributed by atoms with Gasteiger partial charge in [-0.05, 0) is 86.0 Å². The van der Waals surface area contributed by atoms with Crippen molar-refractivity contribution in [1.29, 1.82) is 0 Å². The van der Waals surface area contributed by atoms with E-state index >= 15 is 0 Å². The molecule has 5 nitrogen and oxygen atoms in total. The molecule has 5 aromatic rings. The van der Waals surface area contributed by atoms with Crippen molar-refractivity contribution in [3.8, 4) is 22.9 Å². The molecule has 1 amide bonds. The molecule has 0 fully saturated rings. The third kappa shape index (κ3) is 5.41. The SMILES string of the molecule is Cc1ccc2[nH]c(-c3ccccn3)c(CCCC(=O)Nc3ccc(Oc4ccccc4)cc3)c2c1. The fraction of sp³-hybridized carbons (Fsp3) is 0.133. The van der Waals surface area contributed by atoms with Crippen LogP contribution in [0.25, 0.3) is 22.3 Å². The van der Waals surface area contributed by atoms with Gasteiger partial charge in [-0.25, -0.2) is 0 Å². The molecule has 0 saturated heterocycles. The van der Waals surface area contributed by atoms with Crippen LogP contribution in [0.5, 0.6) is 11.5 Å². The molecule has 0 unspecified atom stereocenters. The first-order valence-corrected chi connectivity index (χ1v) is 11.8. The van der Waals surface area contributed by atoms with Crippen LogP contribution in [0.2, 0.25) is 0 Å². The third-order valence-electron chi connectivity index (χ3n) is 5.93. The second-order valence-corrected chi connectivity index (χ2v) is 8.58. The molecule has 0 atom stereocenters. The number of anilines is 1. The molecule has 2 heterocycles. The van der Waals surface area contributed by atoms with E-state index in [-0.39, 0.29) is 5.91 Å². The summed E-state index contributed by atoms with van der Waals surface area (Å²) in [4.78, 5) is 20.7. The maximum Gasteiger partial charge on any atom is 0.224 e. The van der Waals surface area contributed by atoms with Crippen molar-refractivity contribution in [3.05, 3.63) is 108 Å². The highest BCUT2D eigenvalue weighted by Crippen LogP contribution is 2.31. The van der Waals surface area contributed by atoms with Crippen LogP contribution in [0.1, 0.15) is 24.0 Å². The smallest absolute Gasteiger partial charge is 0.224 e. The standard InChI is InChI=1S/C30H27N3O2/c1-21-13-18-27-26(20-21)25(30(33-27)28-11-5-6-19-31-28)10-7-12-29(34)32-22-14-16-24(17-15-22)35-23-8-3-2-4-9-23/h2-6,8-9,11,13-20,33H,7,10,12H2,1H3,(H,32,34). The van der Waals surface area contributed by atoms with Gasteiger partial charge in [0.1, 0.15) is 11.5 Å². The first kappa shape index (κ1) is 22.4. The van der Waals surface area contributed by atoms with Gasteiger partial charge in [-0.2, -0.15) is 0 Å². The van der Waals surface area contributed by atoms with Gasteiger partial charge in [-0.3, -0.25) is 9.78 Å². The highest BCUT2D eigenvalue weighted by molar-refractivity contribution is 5.92. The van der Waals surface area contributed by atoms with Crippen LogP contribution >= 0.6 is 0 Å². The molecule has 3 aromatic carbocycles. The first-order valence-electron chi connectivity index (χ1n) is 11.8. The minimum Gasteiger partial charge on any atom is -0.457 e. The van der Waals surface area contributed by atoms with Crippen LogP contribution in [-0.2, 0) is 11.2 Å². The average Bonchev–Trinajstić information content (AvgIpc) is 3.24. The molecule has 0 aliphatic carbocycles. The fourth-order valence-electron chi connectivity index (χ4n) is 4.23. The molecule has 2 aromatic heterocycles. The van der Waals surface area contributed by atoms with Crippen LogP contribution in [0.3, 0.4) is 0 Å². The van der Waals surface area contributed by atoms with E-state index in [1.54, 1.807) is 6.20 Å². The van der Waals surface area contributed by atoms with Crippen molar-refractivity contribution in [1.82, 2.24) is 9.97 Å². The lowest BCUT2D eigenvalue weighted by atomic mass is 10.0. The van der Waals surface area contributed by atoms with Gasteiger partial charge in [0.2, 0.25) is 5.91 Å². The zero-order valence-corrected chi connectivity index (χ0v) is 19.6. The van der Waals surface area contributed by atoms with E-state index in [9.17, 15) is 4.79 Å². The summed E-state index contributed by atoms with van der Waals surface area (Å²) in [5, 5.41) is 4.19. The van der Waals surface area contributed by atoms with Crippen molar-refractivity contribution in [2.75, 3.05) is 5.32 Å². The summed E-state index contributed by atoms with van der Waals surface area (Å²) in [6.07, 6.45) is 3.76. The van der Waals surface area contributed by atoms with E-state index in [0.29, 0.717) is 6.42 Å². The number of carbonyl (C=O) groups is 1. The predicted octanol–water partition coefficient (Wildman–Crippen LogP) is 7.29. The maximum absolute atomic E-state index is 12.6. The number of H-pyrrole nitrogens is 1. The number of carbonyl (C=O) groups excluding carboxylic acids is 1. The number of hydrogen-bond donors (Lipinski definition) is 2. The number of aryl methyl sites for hydroxylation is 2. The van der Waals surface area contributed by atoms with E-state index in [1.165, 1.54) is 16.5 Å². The lowest BCUT2D eigenvalue weighted by Gasteiger charge is -2.09. The number of rotatable bonds is 8. The quantitative estimate of drug-likeness (QED) is 0.255. The number of aromatic nitrogens is 2. The second-order valence-electron chi connectivity index (χ2n) is 8.58. The third-order valence-corrected chi connectivity index (χ3v) is 5.93. The van der Waals surface area contributed by atoms with Crippen molar-refractivity contribution in [2.24, 2.45) is 0 Å². The van der Waals surface area contributed by atoms with E-state index < -0.39 is 0 Å². The largest absolute Gasteiger partial charge is 0.457 e. The molecular formula is C30H27N3O2. The van der Waals surface area contributed by atoms with Gasteiger partial charge in [0.25, 0.3) is 0 Å². The Hall–Kier alpha value is -4.38. The zero-order valence-electron chi connectivity index (χ0n) is 19.6. The van der Waals surface area contributed by atoms with E-state index in [2.05, 4.69) is 40.4 Å². The van der Waals surface area contributed by atoms with Gasteiger partial charge in [-0.1, -0.05) is 35.9 Å². The van der Waals surface area contributed by atoms with Crippen molar-refractivity contribution in [3.63, 3.8) is 0 Å². The molecule has 5 heteroatoms. The predicted molar refractivity (Wildman–Crippen MR) is 141 cm³/mol. The van der Waals surface area contributed by atoms with Gasteiger partial charge >= 0.3 is 0 Å². The molecule has 0 saturated carbocycles. The van der Waals surface area contributed by atoms with Crippen LogP contribution in [0, 0.1) is 6.92 Å². The van der Waals surface area contributed by atoms with Crippen LogP contribution in [0.4, 0.5) is 5.69 Å². The normalized spacial score (nSPS) is 10.9. The Morgan fingerprint density at radius 2 is 1.69 bits per heavy atom. The topological polar surface area (TPSA) is 67.0 Å². The number of nitrogens with zero attached hydrogens (tertiary/aromatic N) is 1. The lowest BCUT2D eigenvalue weighted by Crippen LogP contribution is -2.11. The van der Waals surface area contributed by atoms with E-state index in [4.69, 9.17) is 4.74 Å². The zero-order chi connectivity index (χ0) is 24.0. The van der Waals surface area contributed by atoms with Crippen LogP contribution in [0.15, 0.2) is 97.2 Å². The molecule has 5 rings (SSSR count). The number of benzene rings is 3. The van der Waals surface area contributed by atoms with Crippen LogP contribution < -0.4 is 10.1 Å². The molecule has 174 valence electrons. The number of fused-ring (bicyclic) bond motifs is 1. The molecule has 0 aliphatic rings. The Morgan fingerprint density at radius 1 is 0.914 bits per heavy atom. The second kappa shape index (κ2) is 10.3. The van der Waals surface area contributed by atoms with E-state index in [0.717, 1.165) is 46.9 Å². The molecule has 2 N–H and O–H groups in total. The Bertz CT molecular complexity index is 1430. The number of pyridine rings is 1. The highest BCUT2D eigenvalue weighted by Gasteiger charge is 2.15. The lowest BCUT2D eigenvalue weighted by molar-refractivity contribution is -0.116. The highest BCUT2D eigenvalue weighted by atomic mass is 16.5. The summed E-state index contributed by atoms with van der Waals surface area (Å²) in [6.45, 7) is 2.10. The molecule has 0 radical (unpaired) electrons. The number of hydrogen-bond acceptors (Lipinski definition) is 3.